The summed E-state index contributed by atoms with van der Waals surface area (Å²) < 4.78 is 0. The van der Waals surface area contributed by atoms with Gasteiger partial charge in [0.15, 0.2) is 0 Å². The van der Waals surface area contributed by atoms with Gasteiger partial charge in [0, 0.05) is 24.7 Å². The van der Waals surface area contributed by atoms with Gasteiger partial charge < -0.3 is 15.1 Å². The Morgan fingerprint density at radius 3 is 2.64 bits per heavy atom. The maximum absolute atomic E-state index is 11.1. The van der Waals surface area contributed by atoms with E-state index in [-0.39, 0.29) is 19.5 Å². The zero-order valence-corrected chi connectivity index (χ0v) is 12.3. The first kappa shape index (κ1) is 15.8. The van der Waals surface area contributed by atoms with E-state index < -0.39 is 17.9 Å². The molecular formula is C16H18N2O4. The number of carbonyl (C=O) groups is 2. The van der Waals surface area contributed by atoms with Crippen molar-refractivity contribution in [3.05, 3.63) is 36.5 Å². The number of fused-ring (bicyclic) bond motifs is 1. The molecule has 6 nitrogen and oxygen atoms in total. The minimum absolute atomic E-state index is 0.0600. The standard InChI is InChI=1S/C16H18N2O4/c1-11(16(21)22)10-18(9-7-14(19)20)13-6-2-4-12-5-3-8-17-15(12)13/h2-6,8,11H,7,9-10H2,1H3,(H,19,20)(H,21,22). The largest absolute Gasteiger partial charge is 0.481 e. The third-order valence-electron chi connectivity index (χ3n) is 3.46. The third-order valence-corrected chi connectivity index (χ3v) is 3.46. The van der Waals surface area contributed by atoms with E-state index in [1.165, 1.54) is 0 Å². The SMILES string of the molecule is CC(CN(CCC(=O)O)c1cccc2cccnc12)C(=O)O. The van der Waals surface area contributed by atoms with E-state index in [0.29, 0.717) is 0 Å². The molecule has 0 saturated carbocycles. The third kappa shape index (κ3) is 3.72. The van der Waals surface area contributed by atoms with Crippen LogP contribution in [-0.2, 0) is 9.59 Å². The number of aliphatic carboxylic acids is 2. The van der Waals surface area contributed by atoms with Crippen molar-refractivity contribution in [1.82, 2.24) is 4.98 Å². The Kier molecular flexibility index (Phi) is 4.93. The van der Waals surface area contributed by atoms with Crippen LogP contribution in [0.2, 0.25) is 0 Å². The van der Waals surface area contributed by atoms with Crippen LogP contribution in [0, 0.1) is 5.92 Å². The van der Waals surface area contributed by atoms with Crippen LogP contribution in [0.15, 0.2) is 36.5 Å². The maximum atomic E-state index is 11.1. The summed E-state index contributed by atoms with van der Waals surface area (Å²) in [7, 11) is 0. The molecule has 1 aromatic heterocycles. The van der Waals surface area contributed by atoms with Gasteiger partial charge in [0.05, 0.1) is 23.5 Å². The first-order valence-corrected chi connectivity index (χ1v) is 7.02. The zero-order valence-electron chi connectivity index (χ0n) is 12.3. The number of nitrogens with zero attached hydrogens (tertiary/aromatic N) is 2. The smallest absolute Gasteiger partial charge is 0.308 e. The molecule has 0 spiro atoms. The molecule has 6 heteroatoms. The average molecular weight is 302 g/mol. The number of anilines is 1. The number of hydrogen-bond donors (Lipinski definition) is 2. The Morgan fingerprint density at radius 2 is 1.95 bits per heavy atom. The highest BCUT2D eigenvalue weighted by Crippen LogP contribution is 2.25. The van der Waals surface area contributed by atoms with Crippen molar-refractivity contribution in [1.29, 1.82) is 0 Å². The van der Waals surface area contributed by atoms with Crippen LogP contribution >= 0.6 is 0 Å². The molecule has 0 radical (unpaired) electrons. The van der Waals surface area contributed by atoms with E-state index in [1.807, 2.05) is 30.3 Å². The van der Waals surface area contributed by atoms with Crippen LogP contribution in [0.4, 0.5) is 5.69 Å². The summed E-state index contributed by atoms with van der Waals surface area (Å²) in [5.74, 6) is -2.43. The second-order valence-electron chi connectivity index (χ2n) is 5.18. The van der Waals surface area contributed by atoms with Crippen molar-refractivity contribution in [2.75, 3.05) is 18.0 Å². The predicted octanol–water partition coefficient (Wildman–Crippen LogP) is 2.24. The molecule has 1 aromatic carbocycles. The number of aromatic nitrogens is 1. The van der Waals surface area contributed by atoms with E-state index in [9.17, 15) is 9.59 Å². The van der Waals surface area contributed by atoms with E-state index in [1.54, 1.807) is 18.0 Å². The molecule has 2 N–H and O–H groups in total. The molecule has 1 heterocycles. The highest BCUT2D eigenvalue weighted by atomic mass is 16.4. The van der Waals surface area contributed by atoms with Gasteiger partial charge in [0.25, 0.3) is 0 Å². The molecule has 0 amide bonds. The van der Waals surface area contributed by atoms with Crippen molar-refractivity contribution in [3.63, 3.8) is 0 Å². The maximum Gasteiger partial charge on any atom is 0.308 e. The van der Waals surface area contributed by atoms with Crippen molar-refractivity contribution in [2.45, 2.75) is 13.3 Å². The van der Waals surface area contributed by atoms with Crippen LogP contribution < -0.4 is 4.90 Å². The molecule has 2 rings (SSSR count). The Morgan fingerprint density at radius 1 is 1.23 bits per heavy atom. The van der Waals surface area contributed by atoms with E-state index in [4.69, 9.17) is 10.2 Å². The number of hydrogen-bond acceptors (Lipinski definition) is 4. The Balaban J connectivity index is 2.37. The van der Waals surface area contributed by atoms with E-state index in [0.717, 1.165) is 16.6 Å². The fraction of sp³-hybridized carbons (Fsp3) is 0.312. The molecule has 1 atom stereocenters. The number of pyridine rings is 1. The van der Waals surface area contributed by atoms with Gasteiger partial charge in [-0.1, -0.05) is 25.1 Å². The van der Waals surface area contributed by atoms with Gasteiger partial charge in [-0.3, -0.25) is 14.6 Å². The summed E-state index contributed by atoms with van der Waals surface area (Å²) >= 11 is 0. The predicted molar refractivity (Wildman–Crippen MR) is 83.0 cm³/mol. The van der Waals surface area contributed by atoms with Gasteiger partial charge in [-0.2, -0.15) is 0 Å². The summed E-state index contributed by atoms with van der Waals surface area (Å²) in [5, 5.41) is 19.0. The fourth-order valence-electron chi connectivity index (χ4n) is 2.29. The average Bonchev–Trinajstić information content (AvgIpc) is 2.50. The lowest BCUT2D eigenvalue weighted by Gasteiger charge is -2.26. The Bertz CT molecular complexity index is 681. The van der Waals surface area contributed by atoms with Crippen molar-refractivity contribution in [2.24, 2.45) is 5.92 Å². The molecule has 0 bridgehead atoms. The van der Waals surface area contributed by atoms with Crippen molar-refractivity contribution < 1.29 is 19.8 Å². The second-order valence-corrected chi connectivity index (χ2v) is 5.18. The van der Waals surface area contributed by atoms with Crippen LogP contribution in [0.3, 0.4) is 0 Å². The molecule has 0 fully saturated rings. The van der Waals surface area contributed by atoms with Gasteiger partial charge in [0.1, 0.15) is 0 Å². The molecule has 2 aromatic rings. The normalized spacial score (nSPS) is 12.0. The van der Waals surface area contributed by atoms with Crippen molar-refractivity contribution >= 4 is 28.5 Å². The Labute approximate surface area is 128 Å². The molecule has 0 aliphatic carbocycles. The topological polar surface area (TPSA) is 90.7 Å². The monoisotopic (exact) mass is 302 g/mol. The molecule has 0 aliphatic heterocycles. The van der Waals surface area contributed by atoms with Gasteiger partial charge >= 0.3 is 11.9 Å². The van der Waals surface area contributed by atoms with Crippen LogP contribution in [0.5, 0.6) is 0 Å². The summed E-state index contributed by atoms with van der Waals surface area (Å²) in [6.45, 7) is 2.08. The number of benzene rings is 1. The summed E-state index contributed by atoms with van der Waals surface area (Å²) in [5.41, 5.74) is 1.50. The lowest BCUT2D eigenvalue weighted by molar-refractivity contribution is -0.140. The summed E-state index contributed by atoms with van der Waals surface area (Å²) in [6, 6.07) is 9.36. The lowest BCUT2D eigenvalue weighted by Crippen LogP contribution is -2.33. The highest BCUT2D eigenvalue weighted by Gasteiger charge is 2.19. The molecule has 0 saturated heterocycles. The number of rotatable bonds is 7. The first-order valence-electron chi connectivity index (χ1n) is 7.02. The first-order chi connectivity index (χ1) is 10.5. The minimum atomic E-state index is -0.916. The molecular weight excluding hydrogens is 284 g/mol. The second kappa shape index (κ2) is 6.89. The number of carboxylic acid groups (broad SMARTS) is 2. The lowest BCUT2D eigenvalue weighted by atomic mass is 10.1. The van der Waals surface area contributed by atoms with Crippen LogP contribution in [-0.4, -0.2) is 40.2 Å². The summed E-state index contributed by atoms with van der Waals surface area (Å²) in [4.78, 5) is 28.1. The highest BCUT2D eigenvalue weighted by molar-refractivity contribution is 5.91. The summed E-state index contributed by atoms with van der Waals surface area (Å²) in [6.07, 6.45) is 1.61. The fourth-order valence-corrected chi connectivity index (χ4v) is 2.29. The number of para-hydroxylation sites is 1. The van der Waals surface area contributed by atoms with Crippen LogP contribution in [0.1, 0.15) is 13.3 Å². The van der Waals surface area contributed by atoms with Gasteiger partial charge in [0.2, 0.25) is 0 Å². The number of carboxylic acids is 2. The van der Waals surface area contributed by atoms with Crippen molar-refractivity contribution in [3.8, 4) is 0 Å². The Hall–Kier alpha value is -2.63. The van der Waals surface area contributed by atoms with Gasteiger partial charge in [-0.05, 0) is 12.1 Å². The molecule has 1 unspecified atom stereocenters. The van der Waals surface area contributed by atoms with E-state index in [2.05, 4.69) is 4.98 Å². The molecule has 116 valence electrons. The van der Waals surface area contributed by atoms with Crippen LogP contribution in [0.25, 0.3) is 10.9 Å². The minimum Gasteiger partial charge on any atom is -0.481 e. The van der Waals surface area contributed by atoms with Gasteiger partial charge in [-0.25, -0.2) is 0 Å². The molecule has 22 heavy (non-hydrogen) atoms. The zero-order chi connectivity index (χ0) is 16.1. The molecule has 0 aliphatic rings. The quantitative estimate of drug-likeness (QED) is 0.815. The van der Waals surface area contributed by atoms with E-state index >= 15 is 0 Å². The van der Waals surface area contributed by atoms with Gasteiger partial charge in [-0.15, -0.1) is 0 Å².